The van der Waals surface area contributed by atoms with Crippen molar-refractivity contribution in [3.8, 4) is 0 Å². The van der Waals surface area contributed by atoms with Crippen molar-refractivity contribution in [1.29, 1.82) is 0 Å². The molecule has 1 radical (unpaired) electrons. The van der Waals surface area contributed by atoms with Crippen molar-refractivity contribution in [2.45, 2.75) is 81.0 Å². The van der Waals surface area contributed by atoms with Crippen molar-refractivity contribution >= 4 is 26.1 Å². The van der Waals surface area contributed by atoms with Gasteiger partial charge in [-0.3, -0.25) is 0 Å². The molecule has 0 aliphatic rings. The van der Waals surface area contributed by atoms with Crippen LogP contribution in [0.1, 0.15) is 71.1 Å². The van der Waals surface area contributed by atoms with Crippen LogP contribution >= 0.6 is 0 Å². The molecular weight excluding hydrogens is 319 g/mol. The Morgan fingerprint density at radius 3 is 1.82 bits per heavy atom. The number of carbonyl (C=O) groups is 1. The third kappa shape index (κ3) is 14.2. The van der Waals surface area contributed by atoms with Crippen LogP contribution in [0.25, 0.3) is 0 Å². The fourth-order valence-corrected chi connectivity index (χ4v) is 3.45. The summed E-state index contributed by atoms with van der Waals surface area (Å²) < 4.78 is 5.28. The molecule has 3 heteroatoms. The zero-order valence-corrected chi connectivity index (χ0v) is 14.7. The van der Waals surface area contributed by atoms with Gasteiger partial charge in [0.05, 0.1) is 0 Å². The molecule has 0 spiro atoms. The average molecular weight is 348 g/mol. The van der Waals surface area contributed by atoms with Gasteiger partial charge in [-0.25, -0.2) is 0 Å². The Hall–Kier alpha value is 0.269. The summed E-state index contributed by atoms with van der Waals surface area (Å²) >= 11 is -1.65. The second kappa shape index (κ2) is 12.7. The molecule has 0 atom stereocenters. The molecule has 0 aromatic heterocycles. The van der Waals surface area contributed by atoms with Crippen LogP contribution in [0.4, 0.5) is 0 Å². The molecule has 101 valence electrons. The van der Waals surface area contributed by atoms with Crippen molar-refractivity contribution in [1.82, 2.24) is 0 Å². The molecule has 0 heterocycles. The normalized spacial score (nSPS) is 10.8. The first-order chi connectivity index (χ1) is 8.16. The van der Waals surface area contributed by atoms with E-state index < -0.39 is 20.2 Å². The molecule has 0 saturated carbocycles. The van der Waals surface area contributed by atoms with Gasteiger partial charge in [0, 0.05) is 0 Å². The topological polar surface area (TPSA) is 26.3 Å². The average Bonchev–Trinajstić information content (AvgIpc) is 2.26. The molecule has 17 heavy (non-hydrogen) atoms. The quantitative estimate of drug-likeness (QED) is 0.400. The zero-order valence-electron chi connectivity index (χ0n) is 11.9. The van der Waals surface area contributed by atoms with Gasteiger partial charge >= 0.3 is 108 Å². The molecule has 0 fully saturated rings. The van der Waals surface area contributed by atoms with Crippen molar-refractivity contribution in [2.24, 2.45) is 0 Å². The first-order valence-electron chi connectivity index (χ1n) is 7.17. The van der Waals surface area contributed by atoms with E-state index in [4.69, 9.17) is 3.07 Å². The predicted molar refractivity (Wildman–Crippen MR) is 75.4 cm³/mol. The van der Waals surface area contributed by atoms with E-state index in [9.17, 15) is 4.79 Å². The number of carbonyl (C=O) groups excluding carboxylic acids is 1. The Bertz CT molecular complexity index is 181. The standard InChI is InChI=1S/C12H24O2.2CH3.Sn/c1-2-3-4-5-6-7-8-9-10-11-12(13)14;;;/h2-11H2,1H3,(H,13,14);2*1H3;/q;;;+1/p-1. The van der Waals surface area contributed by atoms with E-state index in [1.54, 1.807) is 0 Å². The van der Waals surface area contributed by atoms with Crippen molar-refractivity contribution in [2.75, 3.05) is 0 Å². The molecule has 0 amide bonds. The fraction of sp³-hybridized carbons (Fsp3) is 0.929. The first-order valence-corrected chi connectivity index (χ1v) is 14.0. The summed E-state index contributed by atoms with van der Waals surface area (Å²) in [5.74, 6) is 0.0485. The molecule has 0 aromatic rings. The van der Waals surface area contributed by atoms with Gasteiger partial charge < -0.3 is 0 Å². The molecule has 0 aromatic carbocycles. The van der Waals surface area contributed by atoms with Gasteiger partial charge in [-0.05, 0) is 0 Å². The first kappa shape index (κ1) is 17.3. The molecule has 0 saturated heterocycles. The van der Waals surface area contributed by atoms with Crippen LogP contribution in [-0.2, 0) is 7.87 Å². The summed E-state index contributed by atoms with van der Waals surface area (Å²) in [6, 6.07) is 0. The van der Waals surface area contributed by atoms with Crippen LogP contribution in [0.2, 0.25) is 9.88 Å². The molecule has 0 rings (SSSR count). The zero-order chi connectivity index (χ0) is 12.9. The van der Waals surface area contributed by atoms with Gasteiger partial charge in [-0.15, -0.1) is 0 Å². The summed E-state index contributed by atoms with van der Waals surface area (Å²) in [6.07, 6.45) is 12.3. The Morgan fingerprint density at radius 1 is 0.882 bits per heavy atom. The van der Waals surface area contributed by atoms with Gasteiger partial charge in [0.15, 0.2) is 0 Å². The minimum atomic E-state index is -1.65. The summed E-state index contributed by atoms with van der Waals surface area (Å²) in [4.78, 5) is 15.5. The van der Waals surface area contributed by atoms with Gasteiger partial charge in [0.2, 0.25) is 0 Å². The number of hydrogen-bond donors (Lipinski definition) is 0. The maximum absolute atomic E-state index is 11.3. The van der Waals surface area contributed by atoms with E-state index >= 15 is 0 Å². The van der Waals surface area contributed by atoms with E-state index in [0.717, 1.165) is 6.42 Å². The van der Waals surface area contributed by atoms with Crippen LogP contribution in [0.5, 0.6) is 0 Å². The summed E-state index contributed by atoms with van der Waals surface area (Å²) in [5.41, 5.74) is 0. The number of hydrogen-bond acceptors (Lipinski definition) is 2. The van der Waals surface area contributed by atoms with E-state index in [1.165, 1.54) is 51.4 Å². The molecule has 0 aliphatic heterocycles. The molecule has 0 N–H and O–H groups in total. The van der Waals surface area contributed by atoms with Gasteiger partial charge in [0.1, 0.15) is 0 Å². The second-order valence-corrected chi connectivity index (χ2v) is 10.7. The second-order valence-electron chi connectivity index (χ2n) is 4.96. The fourth-order valence-electron chi connectivity index (χ4n) is 1.86. The van der Waals surface area contributed by atoms with Gasteiger partial charge in [-0.1, -0.05) is 6.92 Å². The maximum atomic E-state index is 11.3. The van der Waals surface area contributed by atoms with Crippen molar-refractivity contribution in [3.63, 3.8) is 0 Å². The van der Waals surface area contributed by atoms with Crippen LogP contribution in [0, 0.1) is 0 Å². The summed E-state index contributed by atoms with van der Waals surface area (Å²) in [5, 5.41) is 0. The SMILES string of the molecule is CCCCCCCCCCCC(=O)[O][Sn]([CH3])[CH3]. The van der Waals surface area contributed by atoms with Gasteiger partial charge in [0.25, 0.3) is 0 Å². The summed E-state index contributed by atoms with van der Waals surface area (Å²) in [6.45, 7) is 2.25. The van der Waals surface area contributed by atoms with Crippen LogP contribution < -0.4 is 0 Å². The Kier molecular flexibility index (Phi) is 12.9. The Balaban J connectivity index is 3.10. The van der Waals surface area contributed by atoms with E-state index in [2.05, 4.69) is 16.8 Å². The Morgan fingerprint density at radius 2 is 1.35 bits per heavy atom. The molecule has 2 nitrogen and oxygen atoms in total. The van der Waals surface area contributed by atoms with Crippen molar-refractivity contribution < 1.29 is 7.87 Å². The predicted octanol–water partition coefficient (Wildman–Crippen LogP) is 4.70. The van der Waals surface area contributed by atoms with Crippen LogP contribution in [-0.4, -0.2) is 26.1 Å². The Labute approximate surface area is 115 Å². The van der Waals surface area contributed by atoms with Crippen LogP contribution in [0.3, 0.4) is 0 Å². The van der Waals surface area contributed by atoms with E-state index in [1.807, 2.05) is 0 Å². The minimum absolute atomic E-state index is 0.0485. The van der Waals surface area contributed by atoms with E-state index in [-0.39, 0.29) is 5.97 Å². The molecule has 0 aliphatic carbocycles. The number of unbranched alkanes of at least 4 members (excludes halogenated alkanes) is 8. The van der Waals surface area contributed by atoms with E-state index in [0.29, 0.717) is 6.42 Å². The van der Waals surface area contributed by atoms with Gasteiger partial charge in [-0.2, -0.15) is 0 Å². The molecule has 0 unspecified atom stereocenters. The van der Waals surface area contributed by atoms with Crippen molar-refractivity contribution in [3.05, 3.63) is 0 Å². The number of rotatable bonds is 11. The summed E-state index contributed by atoms with van der Waals surface area (Å²) in [7, 11) is 0. The third-order valence-corrected chi connectivity index (χ3v) is 4.62. The third-order valence-electron chi connectivity index (χ3n) is 2.80. The van der Waals surface area contributed by atoms with Crippen LogP contribution in [0.15, 0.2) is 0 Å². The molecule has 0 bridgehead atoms. The molecular formula is C14H29O2Sn. The monoisotopic (exact) mass is 349 g/mol.